The predicted octanol–water partition coefficient (Wildman–Crippen LogP) is 4.44. The molecule has 3 rings (SSSR count). The maximum Gasteiger partial charge on any atom is 0.303 e. The van der Waals surface area contributed by atoms with Gasteiger partial charge in [0.1, 0.15) is 5.54 Å². The summed E-state index contributed by atoms with van der Waals surface area (Å²) < 4.78 is 0. The molecule has 0 saturated carbocycles. The lowest BCUT2D eigenvalue weighted by Gasteiger charge is -2.48. The van der Waals surface area contributed by atoms with Crippen LogP contribution >= 0.6 is 10.9 Å². The van der Waals surface area contributed by atoms with Crippen molar-refractivity contribution in [2.75, 3.05) is 39.2 Å². The second-order valence-corrected chi connectivity index (χ2v) is 17.0. The number of aryl methyl sites for hydroxylation is 2. The maximum absolute atomic E-state index is 12.6. The van der Waals surface area contributed by atoms with Gasteiger partial charge in [-0.15, -0.1) is 0 Å². The number of carboxylic acid groups (broad SMARTS) is 3. The van der Waals surface area contributed by atoms with Crippen molar-refractivity contribution in [3.05, 3.63) is 70.3 Å². The Hall–Kier alpha value is -3.90. The first-order chi connectivity index (χ1) is 23.5. The molecule has 0 aliphatic carbocycles. The minimum absolute atomic E-state index is 0.155. The van der Waals surface area contributed by atoms with Crippen LogP contribution < -0.4 is 10.6 Å². The number of amides is 2. The molecule has 0 radical (unpaired) electrons. The van der Waals surface area contributed by atoms with E-state index in [1.807, 2.05) is 38.1 Å². The molecule has 12 heteroatoms. The van der Waals surface area contributed by atoms with E-state index < -0.39 is 46.2 Å². The van der Waals surface area contributed by atoms with Crippen LogP contribution in [0.3, 0.4) is 0 Å². The molecule has 5 atom stereocenters. The highest BCUT2D eigenvalue weighted by atomic mass is 32.2. The van der Waals surface area contributed by atoms with Gasteiger partial charge in [-0.25, -0.2) is 10.9 Å². The summed E-state index contributed by atoms with van der Waals surface area (Å²) in [5.74, 6) is -4.26. The van der Waals surface area contributed by atoms with Crippen molar-refractivity contribution in [3.8, 4) is 0 Å². The maximum atomic E-state index is 12.6. The molecular formula is C38H55N3O8S. The van der Waals surface area contributed by atoms with Crippen molar-refractivity contribution < 1.29 is 39.3 Å². The summed E-state index contributed by atoms with van der Waals surface area (Å²) in [6.45, 7) is 6.65. The van der Waals surface area contributed by atoms with Gasteiger partial charge in [0.25, 0.3) is 0 Å². The van der Waals surface area contributed by atoms with Crippen LogP contribution in [0.1, 0.15) is 79.0 Å². The highest BCUT2D eigenvalue weighted by Crippen LogP contribution is 2.57. The van der Waals surface area contributed by atoms with Crippen LogP contribution in [0, 0.1) is 24.7 Å². The standard InChI is InChI=1S/C38H55N3O8S/c1-24-10-15-27(36-31(22-35(47)48)30(21-34(45)46)29(20-33(43)44)23-50(36)6)19-28(24)18-26-13-11-25(12-14-26)8-7-9-32(42)40-38(2,3)37(49)39-16-17-41(4)5/h10-15,19,29-31,36,50H,7-9,16-18,20-23H2,1-6H3,(H,39,49)(H,40,42)(H,43,44)(H,45,46)(H,47,48)/t29-,30-,31+,36-/m1/s1. The average Bonchev–Trinajstić information content (AvgIpc) is 3.00. The lowest BCUT2D eigenvalue weighted by atomic mass is 9.73. The molecule has 1 fully saturated rings. The third-order valence-corrected chi connectivity index (χ3v) is 12.4. The Morgan fingerprint density at radius 3 is 2.08 bits per heavy atom. The fourth-order valence-electron chi connectivity index (χ4n) is 7.10. The van der Waals surface area contributed by atoms with E-state index in [4.69, 9.17) is 0 Å². The Morgan fingerprint density at radius 1 is 0.880 bits per heavy atom. The molecular weight excluding hydrogens is 658 g/mol. The van der Waals surface area contributed by atoms with Gasteiger partial charge in [0.05, 0.1) is 0 Å². The molecule has 1 unspecified atom stereocenters. The van der Waals surface area contributed by atoms with E-state index in [9.17, 15) is 39.3 Å². The average molecular weight is 714 g/mol. The van der Waals surface area contributed by atoms with Crippen molar-refractivity contribution in [1.82, 2.24) is 15.5 Å². The summed E-state index contributed by atoms with van der Waals surface area (Å²) >= 11 is 0. The van der Waals surface area contributed by atoms with E-state index in [0.717, 1.165) is 27.8 Å². The number of nitrogens with one attached hydrogen (secondary N) is 2. The Balaban J connectivity index is 1.67. The molecule has 50 heavy (non-hydrogen) atoms. The molecule has 1 aliphatic heterocycles. The SMILES string of the molecule is Cc1ccc([C@@H]2[C@@H](CC(=O)O)[C@H](CC(=O)O)[C@H](CC(=O)O)C[SH]2C)cc1Cc1ccc(CCCC(=O)NC(C)(C)C(=O)NCCN(C)C)cc1. The third-order valence-electron chi connectivity index (χ3n) is 9.68. The number of hydrogen-bond acceptors (Lipinski definition) is 6. The zero-order valence-electron chi connectivity index (χ0n) is 30.2. The van der Waals surface area contributed by atoms with Crippen molar-refractivity contribution in [1.29, 1.82) is 0 Å². The first-order valence-electron chi connectivity index (χ1n) is 17.2. The quantitative estimate of drug-likeness (QED) is 0.122. The molecule has 5 N–H and O–H groups in total. The van der Waals surface area contributed by atoms with Gasteiger partial charge in [-0.05, 0) is 112 Å². The summed E-state index contributed by atoms with van der Waals surface area (Å²) in [4.78, 5) is 62.7. The van der Waals surface area contributed by atoms with Crippen LogP contribution in [0.25, 0.3) is 0 Å². The number of carbonyl (C=O) groups is 5. The number of benzene rings is 2. The minimum Gasteiger partial charge on any atom is -0.481 e. The molecule has 2 aromatic rings. The number of rotatable bonds is 18. The Bertz CT molecular complexity index is 1510. The van der Waals surface area contributed by atoms with Gasteiger partial charge in [-0.2, -0.15) is 0 Å². The smallest absolute Gasteiger partial charge is 0.303 e. The summed E-state index contributed by atoms with van der Waals surface area (Å²) in [6, 6.07) is 14.4. The molecule has 0 spiro atoms. The van der Waals surface area contributed by atoms with Crippen LogP contribution in [0.5, 0.6) is 0 Å². The first kappa shape index (κ1) is 40.5. The second kappa shape index (κ2) is 18.4. The molecule has 1 heterocycles. The van der Waals surface area contributed by atoms with Crippen molar-refractivity contribution >= 4 is 40.6 Å². The number of aliphatic carboxylic acids is 3. The molecule has 2 amide bonds. The van der Waals surface area contributed by atoms with E-state index in [0.29, 0.717) is 44.5 Å². The highest BCUT2D eigenvalue weighted by molar-refractivity contribution is 8.16. The van der Waals surface area contributed by atoms with Gasteiger partial charge in [0.15, 0.2) is 0 Å². The largest absolute Gasteiger partial charge is 0.481 e. The Labute approximate surface area is 298 Å². The summed E-state index contributed by atoms with van der Waals surface area (Å²) in [5.41, 5.74) is 4.37. The topological polar surface area (TPSA) is 173 Å². The highest BCUT2D eigenvalue weighted by Gasteiger charge is 2.45. The lowest BCUT2D eigenvalue weighted by molar-refractivity contribution is -0.144. The summed E-state index contributed by atoms with van der Waals surface area (Å²) in [5, 5.41) is 34.6. The van der Waals surface area contributed by atoms with Gasteiger partial charge < -0.3 is 30.9 Å². The predicted molar refractivity (Wildman–Crippen MR) is 197 cm³/mol. The summed E-state index contributed by atoms with van der Waals surface area (Å²) in [7, 11) is 3.05. The van der Waals surface area contributed by atoms with Crippen LogP contribution in [0.2, 0.25) is 0 Å². The lowest BCUT2D eigenvalue weighted by Crippen LogP contribution is -2.55. The van der Waals surface area contributed by atoms with E-state index >= 15 is 0 Å². The molecule has 0 bridgehead atoms. The molecule has 276 valence electrons. The first-order valence-corrected chi connectivity index (χ1v) is 19.3. The van der Waals surface area contributed by atoms with Gasteiger partial charge in [0.2, 0.25) is 11.8 Å². The number of carbonyl (C=O) groups excluding carboxylic acids is 2. The zero-order chi connectivity index (χ0) is 37.2. The van der Waals surface area contributed by atoms with Crippen LogP contribution in [0.15, 0.2) is 42.5 Å². The van der Waals surface area contributed by atoms with Gasteiger partial charge in [0, 0.05) is 44.0 Å². The van der Waals surface area contributed by atoms with E-state index in [1.54, 1.807) is 13.8 Å². The van der Waals surface area contributed by atoms with Crippen LogP contribution in [-0.4, -0.2) is 94.7 Å². The number of likely N-dealkylation sites (N-methyl/N-ethyl adjacent to an activating group) is 1. The van der Waals surface area contributed by atoms with Crippen LogP contribution in [0.4, 0.5) is 0 Å². The Morgan fingerprint density at radius 2 is 1.48 bits per heavy atom. The van der Waals surface area contributed by atoms with Gasteiger partial charge in [-0.1, -0.05) is 42.5 Å². The zero-order valence-corrected chi connectivity index (χ0v) is 31.1. The second-order valence-electron chi connectivity index (χ2n) is 14.5. The molecule has 1 aliphatic rings. The number of hydrogen-bond donors (Lipinski definition) is 6. The summed E-state index contributed by atoms with van der Waals surface area (Å²) in [6.07, 6.45) is 3.77. The molecule has 1 saturated heterocycles. The monoisotopic (exact) mass is 713 g/mol. The van der Waals surface area contributed by atoms with Crippen LogP contribution in [-0.2, 0) is 36.8 Å². The van der Waals surface area contributed by atoms with Crippen molar-refractivity contribution in [3.63, 3.8) is 0 Å². The third kappa shape index (κ3) is 12.2. The fourth-order valence-corrected chi connectivity index (χ4v) is 10.1. The Kier molecular flexibility index (Phi) is 14.9. The van der Waals surface area contributed by atoms with E-state index in [2.05, 4.69) is 47.2 Å². The number of nitrogens with zero attached hydrogens (tertiary/aromatic N) is 1. The fraction of sp³-hybridized carbons (Fsp3) is 0.553. The molecule has 11 nitrogen and oxygen atoms in total. The normalized spacial score (nSPS) is 21.4. The minimum atomic E-state index is -1.04. The number of carboxylic acids is 3. The van der Waals surface area contributed by atoms with Crippen molar-refractivity contribution in [2.45, 2.75) is 76.5 Å². The number of thiol groups is 1. The van der Waals surface area contributed by atoms with Gasteiger partial charge in [-0.3, -0.25) is 24.0 Å². The molecule has 0 aromatic heterocycles. The van der Waals surface area contributed by atoms with Gasteiger partial charge >= 0.3 is 17.9 Å². The van der Waals surface area contributed by atoms with Crippen molar-refractivity contribution in [2.24, 2.45) is 17.8 Å². The molecule has 2 aromatic carbocycles. The van der Waals surface area contributed by atoms with E-state index in [-0.39, 0.29) is 42.2 Å². The van der Waals surface area contributed by atoms with E-state index in [1.165, 1.54) is 0 Å².